The fraction of sp³-hybridized carbons (Fsp3) is 0.818. The van der Waals surface area contributed by atoms with E-state index in [9.17, 15) is 19.0 Å². The van der Waals surface area contributed by atoms with E-state index in [0.29, 0.717) is 17.4 Å². The highest BCUT2D eigenvalue weighted by atomic mass is 31.2. The van der Waals surface area contributed by atoms with Crippen LogP contribution in [-0.4, -0.2) is 69.4 Å². The molecule has 65 heavy (non-hydrogen) atoms. The van der Waals surface area contributed by atoms with Crippen LogP contribution in [0.2, 0.25) is 0 Å². The van der Waals surface area contributed by atoms with Gasteiger partial charge in [0.2, 0.25) is 5.91 Å². The highest BCUT2D eigenvalue weighted by Crippen LogP contribution is 2.38. The Morgan fingerprint density at radius 1 is 0.554 bits per heavy atom. The Hall–Kier alpha value is -2.03. The van der Waals surface area contributed by atoms with Crippen molar-refractivity contribution in [3.05, 3.63) is 48.6 Å². The lowest BCUT2D eigenvalue weighted by molar-refractivity contribution is -0.870. The van der Waals surface area contributed by atoms with Crippen LogP contribution >= 0.6 is 7.82 Å². The van der Waals surface area contributed by atoms with E-state index in [1.54, 1.807) is 0 Å². The first-order chi connectivity index (χ1) is 31.4. The second-order valence-corrected chi connectivity index (χ2v) is 20.8. The highest BCUT2D eigenvalue weighted by molar-refractivity contribution is 7.45. The van der Waals surface area contributed by atoms with Gasteiger partial charge in [0.25, 0.3) is 7.82 Å². The monoisotopic (exact) mass is 935 g/mol. The van der Waals surface area contributed by atoms with E-state index in [-0.39, 0.29) is 24.9 Å². The van der Waals surface area contributed by atoms with Gasteiger partial charge in [0.15, 0.2) is 0 Å². The number of ether oxygens (including phenoxy) is 1. The van der Waals surface area contributed by atoms with Crippen LogP contribution in [-0.2, 0) is 27.9 Å². The molecular formula is C55H103N2O7P. The number of hydrogen-bond acceptors (Lipinski definition) is 7. The summed E-state index contributed by atoms with van der Waals surface area (Å²) in [7, 11) is 1.18. The first-order valence-corrected chi connectivity index (χ1v) is 28.4. The first kappa shape index (κ1) is 63.0. The summed E-state index contributed by atoms with van der Waals surface area (Å²) < 4.78 is 30.1. The van der Waals surface area contributed by atoms with E-state index >= 15 is 0 Å². The molecule has 1 amide bonds. The van der Waals surface area contributed by atoms with Gasteiger partial charge < -0.3 is 28.5 Å². The molecule has 0 aliphatic heterocycles. The van der Waals surface area contributed by atoms with Gasteiger partial charge >= 0.3 is 5.97 Å². The Bertz CT molecular complexity index is 1260. The Kier molecular flexibility index (Phi) is 44.3. The SMILES string of the molecule is CC/C=C/C=C/C=C/CCCCCCCCCC(=O)NC(COP(=O)([O-])OCC[N+](C)(C)C)C(/C=C/CCCCCCCCCCC)OC(=O)CCCCCCCCCCCCCCC. The van der Waals surface area contributed by atoms with Crippen LogP contribution in [0.15, 0.2) is 48.6 Å². The smallest absolute Gasteiger partial charge is 0.306 e. The lowest BCUT2D eigenvalue weighted by Gasteiger charge is -2.30. The van der Waals surface area contributed by atoms with Gasteiger partial charge in [-0.1, -0.05) is 224 Å². The number of quaternary nitrogens is 1. The Morgan fingerprint density at radius 3 is 1.46 bits per heavy atom. The van der Waals surface area contributed by atoms with Crippen LogP contribution in [0.5, 0.6) is 0 Å². The zero-order valence-electron chi connectivity index (χ0n) is 43.2. The molecular weight excluding hydrogens is 832 g/mol. The van der Waals surface area contributed by atoms with Gasteiger partial charge in [-0.15, -0.1) is 0 Å². The number of amides is 1. The van der Waals surface area contributed by atoms with Crippen molar-refractivity contribution in [2.45, 2.75) is 251 Å². The van der Waals surface area contributed by atoms with Crippen LogP contribution in [0.4, 0.5) is 0 Å². The zero-order chi connectivity index (χ0) is 48.0. The second-order valence-electron chi connectivity index (χ2n) is 19.4. The maximum atomic E-state index is 13.4. The summed E-state index contributed by atoms with van der Waals surface area (Å²) >= 11 is 0. The van der Waals surface area contributed by atoms with Gasteiger partial charge in [0.1, 0.15) is 19.3 Å². The molecule has 380 valence electrons. The molecule has 3 unspecified atom stereocenters. The number of unbranched alkanes of at least 4 members (excludes halogenated alkanes) is 28. The lowest BCUT2D eigenvalue weighted by atomic mass is 10.0. The zero-order valence-corrected chi connectivity index (χ0v) is 44.1. The molecule has 0 bridgehead atoms. The number of carbonyl (C=O) groups is 2. The lowest BCUT2D eigenvalue weighted by Crippen LogP contribution is -2.47. The minimum absolute atomic E-state index is 0.0245. The summed E-state index contributed by atoms with van der Waals surface area (Å²) in [5, 5.41) is 3.01. The average Bonchev–Trinajstić information content (AvgIpc) is 3.26. The minimum atomic E-state index is -4.69. The Balaban J connectivity index is 5.38. The molecule has 3 atom stereocenters. The highest BCUT2D eigenvalue weighted by Gasteiger charge is 2.27. The van der Waals surface area contributed by atoms with Crippen molar-refractivity contribution in [3.8, 4) is 0 Å². The second kappa shape index (κ2) is 45.7. The number of allylic oxidation sites excluding steroid dienone is 7. The normalized spacial score (nSPS) is 14.3. The van der Waals surface area contributed by atoms with Crippen molar-refractivity contribution in [2.75, 3.05) is 40.9 Å². The van der Waals surface area contributed by atoms with Crippen LogP contribution < -0.4 is 10.2 Å². The maximum Gasteiger partial charge on any atom is 0.306 e. The predicted molar refractivity (Wildman–Crippen MR) is 275 cm³/mol. The van der Waals surface area contributed by atoms with Gasteiger partial charge in [0.05, 0.1) is 33.8 Å². The molecule has 0 aromatic rings. The van der Waals surface area contributed by atoms with E-state index in [1.165, 1.54) is 128 Å². The molecule has 0 saturated heterocycles. The van der Waals surface area contributed by atoms with Crippen LogP contribution in [0.25, 0.3) is 0 Å². The summed E-state index contributed by atoms with van der Waals surface area (Å²) in [5.74, 6) is -0.552. The van der Waals surface area contributed by atoms with E-state index in [2.05, 4.69) is 62.5 Å². The van der Waals surface area contributed by atoms with E-state index in [0.717, 1.165) is 77.0 Å². The fourth-order valence-corrected chi connectivity index (χ4v) is 8.36. The quantitative estimate of drug-likeness (QED) is 0.0161. The van der Waals surface area contributed by atoms with Crippen molar-refractivity contribution >= 4 is 19.7 Å². The van der Waals surface area contributed by atoms with E-state index in [1.807, 2.05) is 33.3 Å². The maximum absolute atomic E-state index is 13.4. The largest absolute Gasteiger partial charge is 0.756 e. The third kappa shape index (κ3) is 46.9. The Labute approximate surface area is 401 Å². The van der Waals surface area contributed by atoms with Crippen molar-refractivity contribution in [1.29, 1.82) is 0 Å². The van der Waals surface area contributed by atoms with Crippen LogP contribution in [0, 0.1) is 0 Å². The number of carbonyl (C=O) groups excluding carboxylic acids is 2. The third-order valence-electron chi connectivity index (χ3n) is 11.8. The molecule has 0 spiro atoms. The summed E-state index contributed by atoms with van der Waals surface area (Å²) in [4.78, 5) is 39.7. The molecule has 0 aliphatic carbocycles. The third-order valence-corrected chi connectivity index (χ3v) is 12.8. The summed E-state index contributed by atoms with van der Waals surface area (Å²) in [6.45, 7) is 6.69. The van der Waals surface area contributed by atoms with Crippen LogP contribution in [0.1, 0.15) is 239 Å². The molecule has 0 radical (unpaired) electrons. The number of hydrogen-bond donors (Lipinski definition) is 1. The van der Waals surface area contributed by atoms with Gasteiger partial charge in [-0.25, -0.2) is 0 Å². The number of nitrogens with zero attached hydrogens (tertiary/aromatic N) is 1. The summed E-state index contributed by atoms with van der Waals surface area (Å²) in [5.41, 5.74) is 0. The molecule has 0 saturated carbocycles. The molecule has 0 fully saturated rings. The number of phosphoric acid groups is 1. The molecule has 0 aromatic carbocycles. The molecule has 1 N–H and O–H groups in total. The summed E-state index contributed by atoms with van der Waals surface area (Å²) in [6, 6.07) is -0.890. The van der Waals surface area contributed by atoms with Gasteiger partial charge in [-0.3, -0.25) is 14.2 Å². The topological polar surface area (TPSA) is 114 Å². The Morgan fingerprint density at radius 2 is 0.985 bits per heavy atom. The minimum Gasteiger partial charge on any atom is -0.756 e. The van der Waals surface area contributed by atoms with Gasteiger partial charge in [0, 0.05) is 12.8 Å². The van der Waals surface area contributed by atoms with Crippen LogP contribution in [0.3, 0.4) is 0 Å². The fourth-order valence-electron chi connectivity index (χ4n) is 7.64. The van der Waals surface area contributed by atoms with Crippen molar-refractivity contribution < 1.29 is 37.3 Å². The average molecular weight is 935 g/mol. The summed E-state index contributed by atoms with van der Waals surface area (Å²) in [6.07, 6.45) is 53.5. The molecule has 10 heteroatoms. The molecule has 9 nitrogen and oxygen atoms in total. The number of rotatable bonds is 48. The van der Waals surface area contributed by atoms with Gasteiger partial charge in [-0.05, 0) is 51.0 Å². The molecule has 0 heterocycles. The number of esters is 1. The van der Waals surface area contributed by atoms with Gasteiger partial charge in [-0.2, -0.15) is 0 Å². The number of phosphoric ester groups is 1. The molecule has 0 rings (SSSR count). The van der Waals surface area contributed by atoms with Crippen molar-refractivity contribution in [1.82, 2.24) is 5.32 Å². The van der Waals surface area contributed by atoms with Crippen molar-refractivity contribution in [2.24, 2.45) is 0 Å². The van der Waals surface area contributed by atoms with Crippen molar-refractivity contribution in [3.63, 3.8) is 0 Å². The number of nitrogens with one attached hydrogen (secondary N) is 1. The predicted octanol–water partition coefficient (Wildman–Crippen LogP) is 15.1. The van der Waals surface area contributed by atoms with E-state index < -0.39 is 26.6 Å². The standard InChI is InChI=1S/C55H103N2O7P/c1-7-10-13-16-19-22-25-27-28-30-32-35-38-41-44-47-54(58)56-52(51-63-65(60,61)62-50-49-57(4,5)6)53(46-43-40-37-34-31-24-21-18-15-12-9-3)64-55(59)48-45-42-39-36-33-29-26-23-20-17-14-11-8-2/h10,13,16,19,22,25,43,46,52-53H,7-9,11-12,14-15,17-18,20-21,23-24,26-42,44-45,47-51H2,1-6H3,(H-,56,58,60,61)/b13-10+,19-16+,25-22+,46-43+. The number of likely N-dealkylation sites (N-methyl/N-ethyl adjacent to an activating group) is 1. The molecule has 0 aliphatic rings. The first-order valence-electron chi connectivity index (χ1n) is 27.0. The molecule has 0 aromatic heterocycles. The van der Waals surface area contributed by atoms with E-state index in [4.69, 9.17) is 13.8 Å².